The molecule has 1 aromatic rings. The molecule has 0 saturated carbocycles. The van der Waals surface area contributed by atoms with Gasteiger partial charge < -0.3 is 15.4 Å². The van der Waals surface area contributed by atoms with Gasteiger partial charge in [-0.15, -0.1) is 0 Å². The standard InChI is InChI=1S/C15H25N3O/c1-13(2)19-15-5-3-14(4-6-15)11-17-12-18-9-7-16-8-10-18/h3-6,13,16-17H,7-12H2,1-2H3. The molecule has 1 aliphatic heterocycles. The van der Waals surface area contributed by atoms with Crippen molar-refractivity contribution in [1.29, 1.82) is 0 Å². The number of ether oxygens (including phenoxy) is 1. The van der Waals surface area contributed by atoms with Crippen LogP contribution >= 0.6 is 0 Å². The molecule has 0 bridgehead atoms. The number of rotatable bonds is 6. The fourth-order valence-corrected chi connectivity index (χ4v) is 2.19. The summed E-state index contributed by atoms with van der Waals surface area (Å²) in [6, 6.07) is 8.34. The lowest BCUT2D eigenvalue weighted by atomic mass is 10.2. The van der Waals surface area contributed by atoms with E-state index in [0.29, 0.717) is 0 Å². The van der Waals surface area contributed by atoms with Crippen LogP contribution in [0.15, 0.2) is 24.3 Å². The van der Waals surface area contributed by atoms with Gasteiger partial charge in [0.15, 0.2) is 0 Å². The van der Waals surface area contributed by atoms with Crippen LogP contribution in [0.25, 0.3) is 0 Å². The topological polar surface area (TPSA) is 36.5 Å². The maximum atomic E-state index is 5.63. The molecule has 0 unspecified atom stereocenters. The van der Waals surface area contributed by atoms with Gasteiger partial charge in [0.05, 0.1) is 6.10 Å². The van der Waals surface area contributed by atoms with Gasteiger partial charge in [-0.25, -0.2) is 0 Å². The minimum absolute atomic E-state index is 0.233. The molecule has 1 fully saturated rings. The van der Waals surface area contributed by atoms with E-state index in [4.69, 9.17) is 4.74 Å². The Labute approximate surface area is 116 Å². The van der Waals surface area contributed by atoms with Crippen molar-refractivity contribution in [3.05, 3.63) is 29.8 Å². The molecule has 1 heterocycles. The normalized spacial score (nSPS) is 16.8. The van der Waals surface area contributed by atoms with Crippen LogP contribution in [0.3, 0.4) is 0 Å². The van der Waals surface area contributed by atoms with Gasteiger partial charge in [0.2, 0.25) is 0 Å². The lowest BCUT2D eigenvalue weighted by Gasteiger charge is -2.27. The summed E-state index contributed by atoms with van der Waals surface area (Å²) in [7, 11) is 0. The van der Waals surface area contributed by atoms with E-state index in [1.165, 1.54) is 5.56 Å². The Balaban J connectivity index is 1.70. The summed E-state index contributed by atoms with van der Waals surface area (Å²) in [6.45, 7) is 10.4. The molecule has 0 spiro atoms. The highest BCUT2D eigenvalue weighted by Gasteiger charge is 2.08. The first-order valence-corrected chi connectivity index (χ1v) is 7.13. The zero-order valence-electron chi connectivity index (χ0n) is 12.0. The first kappa shape index (κ1) is 14.3. The van der Waals surface area contributed by atoms with Crippen molar-refractivity contribution in [3.63, 3.8) is 0 Å². The van der Waals surface area contributed by atoms with E-state index in [1.807, 2.05) is 26.0 Å². The third-order valence-electron chi connectivity index (χ3n) is 3.17. The Kier molecular flexibility index (Phi) is 5.63. The van der Waals surface area contributed by atoms with E-state index in [2.05, 4.69) is 27.7 Å². The molecule has 0 amide bonds. The van der Waals surface area contributed by atoms with Gasteiger partial charge in [0.1, 0.15) is 5.75 Å². The number of hydrogen-bond acceptors (Lipinski definition) is 4. The number of benzene rings is 1. The van der Waals surface area contributed by atoms with Gasteiger partial charge in [-0.05, 0) is 31.5 Å². The second-order valence-electron chi connectivity index (χ2n) is 5.26. The summed E-state index contributed by atoms with van der Waals surface area (Å²) in [6.07, 6.45) is 0.233. The fraction of sp³-hybridized carbons (Fsp3) is 0.600. The predicted octanol–water partition coefficient (Wildman–Crippen LogP) is 1.43. The Bertz CT molecular complexity index is 358. The van der Waals surface area contributed by atoms with Crippen molar-refractivity contribution in [2.45, 2.75) is 26.5 Å². The largest absolute Gasteiger partial charge is 0.491 e. The van der Waals surface area contributed by atoms with Crippen molar-refractivity contribution < 1.29 is 4.74 Å². The highest BCUT2D eigenvalue weighted by molar-refractivity contribution is 5.27. The quantitative estimate of drug-likeness (QED) is 0.814. The molecule has 4 nitrogen and oxygen atoms in total. The molecule has 2 rings (SSSR count). The summed E-state index contributed by atoms with van der Waals surface area (Å²) >= 11 is 0. The van der Waals surface area contributed by atoms with Crippen molar-refractivity contribution >= 4 is 0 Å². The highest BCUT2D eigenvalue weighted by Crippen LogP contribution is 2.13. The van der Waals surface area contributed by atoms with Gasteiger partial charge in [-0.2, -0.15) is 0 Å². The van der Waals surface area contributed by atoms with Crippen molar-refractivity contribution in [1.82, 2.24) is 15.5 Å². The predicted molar refractivity (Wildman–Crippen MR) is 78.4 cm³/mol. The summed E-state index contributed by atoms with van der Waals surface area (Å²) in [5.41, 5.74) is 1.30. The van der Waals surface area contributed by atoms with Crippen molar-refractivity contribution in [2.75, 3.05) is 32.8 Å². The van der Waals surface area contributed by atoms with Crippen LogP contribution in [-0.4, -0.2) is 43.9 Å². The monoisotopic (exact) mass is 263 g/mol. The van der Waals surface area contributed by atoms with Gasteiger partial charge in [-0.1, -0.05) is 12.1 Å². The van der Waals surface area contributed by atoms with Crippen molar-refractivity contribution in [3.8, 4) is 5.75 Å². The van der Waals surface area contributed by atoms with Crippen LogP contribution in [-0.2, 0) is 6.54 Å². The average molecular weight is 263 g/mol. The van der Waals surface area contributed by atoms with E-state index in [0.717, 1.165) is 45.1 Å². The smallest absolute Gasteiger partial charge is 0.119 e. The Morgan fingerprint density at radius 1 is 1.21 bits per heavy atom. The average Bonchev–Trinajstić information content (AvgIpc) is 2.41. The summed E-state index contributed by atoms with van der Waals surface area (Å²) in [5, 5.41) is 6.85. The molecule has 2 N–H and O–H groups in total. The number of piperazine rings is 1. The first-order valence-electron chi connectivity index (χ1n) is 7.13. The molecule has 0 aromatic heterocycles. The van der Waals surface area contributed by atoms with Crippen LogP contribution in [0, 0.1) is 0 Å². The highest BCUT2D eigenvalue weighted by atomic mass is 16.5. The maximum Gasteiger partial charge on any atom is 0.119 e. The SMILES string of the molecule is CC(C)Oc1ccc(CNCN2CCNCC2)cc1. The van der Waals surface area contributed by atoms with Gasteiger partial charge in [0, 0.05) is 39.4 Å². The van der Waals surface area contributed by atoms with E-state index in [1.54, 1.807) is 0 Å². The summed E-state index contributed by atoms with van der Waals surface area (Å²) in [4.78, 5) is 2.44. The summed E-state index contributed by atoms with van der Waals surface area (Å²) < 4.78 is 5.63. The molecule has 0 aliphatic carbocycles. The zero-order chi connectivity index (χ0) is 13.5. The molecule has 0 radical (unpaired) electrons. The fourth-order valence-electron chi connectivity index (χ4n) is 2.19. The van der Waals surface area contributed by atoms with Crippen LogP contribution in [0.2, 0.25) is 0 Å². The minimum Gasteiger partial charge on any atom is -0.491 e. The third kappa shape index (κ3) is 5.19. The van der Waals surface area contributed by atoms with E-state index < -0.39 is 0 Å². The molecular formula is C15H25N3O. The molecule has 4 heteroatoms. The first-order chi connectivity index (χ1) is 9.24. The molecular weight excluding hydrogens is 238 g/mol. The molecule has 1 aromatic carbocycles. The van der Waals surface area contributed by atoms with E-state index in [9.17, 15) is 0 Å². The molecule has 1 saturated heterocycles. The Hall–Kier alpha value is -1.10. The van der Waals surface area contributed by atoms with Crippen molar-refractivity contribution in [2.24, 2.45) is 0 Å². The van der Waals surface area contributed by atoms with Crippen LogP contribution in [0.4, 0.5) is 0 Å². The Morgan fingerprint density at radius 2 is 1.89 bits per heavy atom. The summed E-state index contributed by atoms with van der Waals surface area (Å²) in [5.74, 6) is 0.945. The minimum atomic E-state index is 0.233. The lowest BCUT2D eigenvalue weighted by molar-refractivity contribution is 0.223. The third-order valence-corrected chi connectivity index (χ3v) is 3.17. The second-order valence-corrected chi connectivity index (χ2v) is 5.26. The molecule has 19 heavy (non-hydrogen) atoms. The zero-order valence-corrected chi connectivity index (χ0v) is 12.0. The number of nitrogens with zero attached hydrogens (tertiary/aromatic N) is 1. The molecule has 106 valence electrons. The molecule has 1 aliphatic rings. The van der Waals surface area contributed by atoms with Gasteiger partial charge in [0.25, 0.3) is 0 Å². The maximum absolute atomic E-state index is 5.63. The van der Waals surface area contributed by atoms with Gasteiger partial charge >= 0.3 is 0 Å². The van der Waals surface area contributed by atoms with Gasteiger partial charge in [-0.3, -0.25) is 4.90 Å². The number of hydrogen-bond donors (Lipinski definition) is 2. The lowest BCUT2D eigenvalue weighted by Crippen LogP contribution is -2.46. The van der Waals surface area contributed by atoms with E-state index in [-0.39, 0.29) is 6.10 Å². The number of nitrogens with one attached hydrogen (secondary N) is 2. The molecule has 0 atom stereocenters. The second kappa shape index (κ2) is 7.48. The van der Waals surface area contributed by atoms with Crippen LogP contribution in [0.1, 0.15) is 19.4 Å². The Morgan fingerprint density at radius 3 is 2.53 bits per heavy atom. The van der Waals surface area contributed by atoms with Crippen LogP contribution in [0.5, 0.6) is 5.75 Å². The van der Waals surface area contributed by atoms with E-state index >= 15 is 0 Å². The van der Waals surface area contributed by atoms with Crippen LogP contribution < -0.4 is 15.4 Å².